The number of anilines is 1. The Labute approximate surface area is 86.5 Å². The number of benzene rings is 1. The van der Waals surface area contributed by atoms with Crippen LogP contribution in [0.1, 0.15) is 24.5 Å². The van der Waals surface area contributed by atoms with Gasteiger partial charge in [-0.15, -0.1) is 11.8 Å². The predicted octanol–water partition coefficient (Wildman–Crippen LogP) is 3.13. The first-order chi connectivity index (χ1) is 6.74. The van der Waals surface area contributed by atoms with Crippen LogP contribution in [0.3, 0.4) is 0 Å². The summed E-state index contributed by atoms with van der Waals surface area (Å²) in [6.45, 7) is 7.03. The van der Waals surface area contributed by atoms with Crippen molar-refractivity contribution in [2.24, 2.45) is 0 Å². The van der Waals surface area contributed by atoms with Crippen LogP contribution in [0.4, 0.5) is 5.69 Å². The predicted molar refractivity (Wildman–Crippen MR) is 62.5 cm³/mol. The molecule has 0 amide bonds. The average molecular weight is 187 g/mol. The van der Waals surface area contributed by atoms with Crippen molar-refractivity contribution in [2.75, 3.05) is 11.9 Å². The molecule has 0 aromatic heterocycles. The zero-order valence-electron chi connectivity index (χ0n) is 9.15. The van der Waals surface area contributed by atoms with Gasteiger partial charge in [0.05, 0.1) is 0 Å². The molecule has 0 unspecified atom stereocenters. The smallest absolute Gasteiger partial charge is 0.0370 e. The summed E-state index contributed by atoms with van der Waals surface area (Å²) >= 11 is 0. The van der Waals surface area contributed by atoms with Crippen molar-refractivity contribution < 1.29 is 0 Å². The van der Waals surface area contributed by atoms with Gasteiger partial charge in [0.25, 0.3) is 0 Å². The molecule has 0 aliphatic heterocycles. The molecule has 1 rings (SSSR count). The van der Waals surface area contributed by atoms with E-state index in [1.165, 1.54) is 16.8 Å². The summed E-state index contributed by atoms with van der Waals surface area (Å²) in [6, 6.07) is 6.44. The largest absolute Gasteiger partial charge is 0.384 e. The van der Waals surface area contributed by atoms with Gasteiger partial charge in [0.2, 0.25) is 0 Å². The minimum Gasteiger partial charge on any atom is -0.384 e. The van der Waals surface area contributed by atoms with Crippen LogP contribution in [0.25, 0.3) is 0 Å². The van der Waals surface area contributed by atoms with E-state index in [1.807, 2.05) is 6.92 Å². The first-order valence-electron chi connectivity index (χ1n) is 4.95. The van der Waals surface area contributed by atoms with E-state index < -0.39 is 0 Å². The zero-order chi connectivity index (χ0) is 10.4. The lowest BCUT2D eigenvalue weighted by Crippen LogP contribution is -2.01. The molecule has 0 fully saturated rings. The first-order valence-corrected chi connectivity index (χ1v) is 4.95. The van der Waals surface area contributed by atoms with Gasteiger partial charge in [-0.1, -0.05) is 17.7 Å². The maximum absolute atomic E-state index is 3.37. The second-order valence-electron chi connectivity index (χ2n) is 3.42. The van der Waals surface area contributed by atoms with Gasteiger partial charge < -0.3 is 5.32 Å². The van der Waals surface area contributed by atoms with Crippen LogP contribution in [-0.4, -0.2) is 6.54 Å². The molecule has 0 saturated carbocycles. The molecule has 0 aliphatic rings. The topological polar surface area (TPSA) is 12.0 Å². The molecule has 0 aliphatic carbocycles. The Morgan fingerprint density at radius 1 is 1.29 bits per heavy atom. The van der Waals surface area contributed by atoms with Crippen LogP contribution in [-0.2, 0) is 0 Å². The molecule has 1 aromatic rings. The van der Waals surface area contributed by atoms with E-state index in [0.29, 0.717) is 0 Å². The number of hydrogen-bond donors (Lipinski definition) is 1. The lowest BCUT2D eigenvalue weighted by atomic mass is 10.1. The van der Waals surface area contributed by atoms with Gasteiger partial charge in [-0.3, -0.25) is 0 Å². The van der Waals surface area contributed by atoms with Crippen LogP contribution in [0.5, 0.6) is 0 Å². The molecule has 0 radical (unpaired) electrons. The third-order valence-corrected chi connectivity index (χ3v) is 2.12. The molecule has 74 valence electrons. The monoisotopic (exact) mass is 187 g/mol. The molecular formula is C13H17N. The molecule has 0 spiro atoms. The highest BCUT2D eigenvalue weighted by molar-refractivity contribution is 5.51. The van der Waals surface area contributed by atoms with E-state index in [1.54, 1.807) is 0 Å². The van der Waals surface area contributed by atoms with Crippen molar-refractivity contribution in [3.8, 4) is 11.8 Å². The molecule has 1 aromatic carbocycles. The van der Waals surface area contributed by atoms with Gasteiger partial charge >= 0.3 is 0 Å². The van der Waals surface area contributed by atoms with Gasteiger partial charge in [0.15, 0.2) is 0 Å². The standard InChI is InChI=1S/C13H17N/c1-4-5-6-9-14-13-8-7-11(2)10-12(13)3/h7-8,10,14H,6,9H2,1-3H3. The zero-order valence-corrected chi connectivity index (χ0v) is 9.15. The second kappa shape index (κ2) is 5.34. The highest BCUT2D eigenvalue weighted by Crippen LogP contribution is 2.15. The van der Waals surface area contributed by atoms with Gasteiger partial charge in [0.1, 0.15) is 0 Å². The number of aryl methyl sites for hydroxylation is 2. The summed E-state index contributed by atoms with van der Waals surface area (Å²) in [5, 5.41) is 3.37. The third-order valence-electron chi connectivity index (χ3n) is 2.12. The van der Waals surface area contributed by atoms with Crippen LogP contribution in [0.2, 0.25) is 0 Å². The fraction of sp³-hybridized carbons (Fsp3) is 0.385. The molecule has 0 bridgehead atoms. The fourth-order valence-electron chi connectivity index (χ4n) is 1.40. The summed E-state index contributed by atoms with van der Waals surface area (Å²) in [5.74, 6) is 5.92. The second-order valence-corrected chi connectivity index (χ2v) is 3.42. The fourth-order valence-corrected chi connectivity index (χ4v) is 1.40. The molecule has 0 heterocycles. The molecule has 14 heavy (non-hydrogen) atoms. The summed E-state index contributed by atoms with van der Waals surface area (Å²) in [5.41, 5.74) is 3.82. The quantitative estimate of drug-likeness (QED) is 0.566. The van der Waals surface area contributed by atoms with Crippen LogP contribution in [0, 0.1) is 25.7 Å². The Bertz CT molecular complexity index is 355. The van der Waals surface area contributed by atoms with E-state index in [2.05, 4.69) is 49.2 Å². The molecular weight excluding hydrogens is 170 g/mol. The number of nitrogens with one attached hydrogen (secondary N) is 1. The molecule has 1 heteroatoms. The maximum atomic E-state index is 3.37. The van der Waals surface area contributed by atoms with Gasteiger partial charge in [-0.2, -0.15) is 0 Å². The van der Waals surface area contributed by atoms with E-state index in [0.717, 1.165) is 13.0 Å². The average Bonchev–Trinajstić information content (AvgIpc) is 2.15. The third kappa shape index (κ3) is 3.14. The van der Waals surface area contributed by atoms with E-state index in [-0.39, 0.29) is 0 Å². The summed E-state index contributed by atoms with van der Waals surface area (Å²) in [4.78, 5) is 0. The van der Waals surface area contributed by atoms with Crippen molar-refractivity contribution in [3.63, 3.8) is 0 Å². The van der Waals surface area contributed by atoms with Gasteiger partial charge in [-0.05, 0) is 32.4 Å². The minimum atomic E-state index is 0.907. The van der Waals surface area contributed by atoms with Crippen molar-refractivity contribution in [1.29, 1.82) is 0 Å². The summed E-state index contributed by atoms with van der Waals surface area (Å²) < 4.78 is 0. The highest BCUT2D eigenvalue weighted by atomic mass is 14.9. The highest BCUT2D eigenvalue weighted by Gasteiger charge is 1.95. The van der Waals surface area contributed by atoms with Crippen LogP contribution >= 0.6 is 0 Å². The Morgan fingerprint density at radius 3 is 2.71 bits per heavy atom. The normalized spacial score (nSPS) is 9.07. The van der Waals surface area contributed by atoms with Crippen LogP contribution in [0.15, 0.2) is 18.2 Å². The Balaban J connectivity index is 2.53. The lowest BCUT2D eigenvalue weighted by Gasteiger charge is -2.08. The van der Waals surface area contributed by atoms with E-state index in [9.17, 15) is 0 Å². The molecule has 0 saturated heterocycles. The van der Waals surface area contributed by atoms with E-state index >= 15 is 0 Å². The molecule has 1 N–H and O–H groups in total. The SMILES string of the molecule is CC#CCCNc1ccc(C)cc1C. The molecule has 1 nitrogen and oxygen atoms in total. The molecule has 0 atom stereocenters. The number of hydrogen-bond acceptors (Lipinski definition) is 1. The first kappa shape index (κ1) is 10.7. The Hall–Kier alpha value is -1.42. The summed E-state index contributed by atoms with van der Waals surface area (Å²) in [7, 11) is 0. The maximum Gasteiger partial charge on any atom is 0.0370 e. The number of rotatable bonds is 3. The van der Waals surface area contributed by atoms with Crippen molar-refractivity contribution >= 4 is 5.69 Å². The lowest BCUT2D eigenvalue weighted by molar-refractivity contribution is 1.09. The van der Waals surface area contributed by atoms with Gasteiger partial charge in [0, 0.05) is 18.7 Å². The van der Waals surface area contributed by atoms with E-state index in [4.69, 9.17) is 0 Å². The van der Waals surface area contributed by atoms with Crippen molar-refractivity contribution in [1.82, 2.24) is 0 Å². The Morgan fingerprint density at radius 2 is 2.07 bits per heavy atom. The Kier molecular flexibility index (Phi) is 4.07. The minimum absolute atomic E-state index is 0.907. The summed E-state index contributed by atoms with van der Waals surface area (Å²) in [6.07, 6.45) is 0.907. The van der Waals surface area contributed by atoms with Crippen LogP contribution < -0.4 is 5.32 Å². The van der Waals surface area contributed by atoms with Crippen molar-refractivity contribution in [2.45, 2.75) is 27.2 Å². The van der Waals surface area contributed by atoms with Crippen molar-refractivity contribution in [3.05, 3.63) is 29.3 Å². The van der Waals surface area contributed by atoms with Gasteiger partial charge in [-0.25, -0.2) is 0 Å².